The van der Waals surface area contributed by atoms with Crippen LogP contribution in [0.1, 0.15) is 18.4 Å². The lowest BCUT2D eigenvalue weighted by atomic mass is 9.99. The smallest absolute Gasteiger partial charge is 0.224 e. The van der Waals surface area contributed by atoms with Crippen LogP contribution in [0.4, 0.5) is 5.95 Å². The third-order valence-electron chi connectivity index (χ3n) is 3.50. The van der Waals surface area contributed by atoms with Crippen LogP contribution in [0.3, 0.4) is 0 Å². The minimum absolute atomic E-state index is 0.667. The maximum Gasteiger partial charge on any atom is 0.224 e. The summed E-state index contributed by atoms with van der Waals surface area (Å²) in [6.45, 7) is 4.08. The molecule has 2 rings (SSSR count). The summed E-state index contributed by atoms with van der Waals surface area (Å²) >= 11 is 0. The van der Waals surface area contributed by atoms with Crippen LogP contribution in [0.2, 0.25) is 0 Å². The molecular formula is C14H24N4O. The van der Waals surface area contributed by atoms with E-state index in [1.807, 2.05) is 31.4 Å². The third kappa shape index (κ3) is 4.14. The Hall–Kier alpha value is -1.20. The Morgan fingerprint density at radius 2 is 2.11 bits per heavy atom. The highest BCUT2D eigenvalue weighted by atomic mass is 16.5. The molecule has 0 aromatic carbocycles. The number of likely N-dealkylation sites (tertiary alicyclic amines) is 1. The topological polar surface area (TPSA) is 41.5 Å². The fourth-order valence-electron chi connectivity index (χ4n) is 2.59. The Morgan fingerprint density at radius 1 is 1.37 bits per heavy atom. The van der Waals surface area contributed by atoms with Crippen LogP contribution < -0.4 is 4.90 Å². The molecule has 0 amide bonds. The molecule has 1 aromatic rings. The van der Waals surface area contributed by atoms with E-state index in [2.05, 4.69) is 14.9 Å². The highest BCUT2D eigenvalue weighted by Gasteiger charge is 2.19. The minimum Gasteiger partial charge on any atom is -0.384 e. The molecule has 106 valence electrons. The van der Waals surface area contributed by atoms with Crippen LogP contribution in [0.5, 0.6) is 0 Å². The van der Waals surface area contributed by atoms with Crippen molar-refractivity contribution in [1.29, 1.82) is 0 Å². The first-order valence-corrected chi connectivity index (χ1v) is 6.88. The number of hydrogen-bond acceptors (Lipinski definition) is 5. The zero-order chi connectivity index (χ0) is 13.7. The standard InChI is InChI=1S/C14H24N4O/c1-17(2)14-15-7-13(8-16-14)10-18-6-4-5-12(9-18)11-19-3/h7-8,12H,4-6,9-11H2,1-3H3/t12-/m1/s1. The Kier molecular flexibility index (Phi) is 5.10. The van der Waals surface area contributed by atoms with Gasteiger partial charge >= 0.3 is 0 Å². The lowest BCUT2D eigenvalue weighted by Crippen LogP contribution is -2.36. The summed E-state index contributed by atoms with van der Waals surface area (Å²) in [6, 6.07) is 0. The second kappa shape index (κ2) is 6.82. The van der Waals surface area contributed by atoms with Gasteiger partial charge in [-0.25, -0.2) is 9.97 Å². The predicted molar refractivity (Wildman–Crippen MR) is 76.2 cm³/mol. The largest absolute Gasteiger partial charge is 0.384 e. The van der Waals surface area contributed by atoms with E-state index < -0.39 is 0 Å². The average molecular weight is 264 g/mol. The Labute approximate surface area is 115 Å². The summed E-state index contributed by atoms with van der Waals surface area (Å²) in [5, 5.41) is 0. The van der Waals surface area contributed by atoms with E-state index in [1.165, 1.54) is 18.4 Å². The van der Waals surface area contributed by atoms with Crippen molar-refractivity contribution in [3.05, 3.63) is 18.0 Å². The second-order valence-electron chi connectivity index (χ2n) is 5.48. The summed E-state index contributed by atoms with van der Waals surface area (Å²) in [5.41, 5.74) is 1.18. The van der Waals surface area contributed by atoms with Crippen LogP contribution in [-0.4, -0.2) is 55.8 Å². The molecule has 1 aliphatic rings. The lowest BCUT2D eigenvalue weighted by Gasteiger charge is -2.32. The van der Waals surface area contributed by atoms with E-state index in [1.54, 1.807) is 7.11 Å². The maximum atomic E-state index is 5.27. The number of hydrogen-bond donors (Lipinski definition) is 0. The SMILES string of the molecule is COC[C@@H]1CCCN(Cc2cnc(N(C)C)nc2)C1. The number of methoxy groups -OCH3 is 1. The van der Waals surface area contributed by atoms with E-state index in [-0.39, 0.29) is 0 Å². The molecule has 1 aliphatic heterocycles. The molecule has 0 radical (unpaired) electrons. The molecule has 0 unspecified atom stereocenters. The number of nitrogens with zero attached hydrogens (tertiary/aromatic N) is 4. The first-order valence-electron chi connectivity index (χ1n) is 6.88. The van der Waals surface area contributed by atoms with Crippen LogP contribution in [0, 0.1) is 5.92 Å². The second-order valence-corrected chi connectivity index (χ2v) is 5.48. The van der Waals surface area contributed by atoms with Gasteiger partial charge in [0.25, 0.3) is 0 Å². The van der Waals surface area contributed by atoms with Gasteiger partial charge < -0.3 is 9.64 Å². The van der Waals surface area contributed by atoms with Crippen molar-refractivity contribution < 1.29 is 4.74 Å². The van der Waals surface area contributed by atoms with Crippen LogP contribution in [-0.2, 0) is 11.3 Å². The number of aromatic nitrogens is 2. The summed E-state index contributed by atoms with van der Waals surface area (Å²) in [4.78, 5) is 13.1. The zero-order valence-electron chi connectivity index (χ0n) is 12.2. The van der Waals surface area contributed by atoms with Gasteiger partial charge in [0.05, 0.1) is 6.61 Å². The van der Waals surface area contributed by atoms with E-state index in [0.717, 1.165) is 32.2 Å². The van der Waals surface area contributed by atoms with E-state index in [9.17, 15) is 0 Å². The predicted octanol–water partition coefficient (Wildman–Crippen LogP) is 1.40. The van der Waals surface area contributed by atoms with Crippen molar-refractivity contribution >= 4 is 5.95 Å². The molecule has 0 aliphatic carbocycles. The highest BCUT2D eigenvalue weighted by molar-refractivity contribution is 5.26. The van der Waals surface area contributed by atoms with Gasteiger partial charge in [-0.1, -0.05) is 0 Å². The first-order chi connectivity index (χ1) is 9.19. The van der Waals surface area contributed by atoms with Gasteiger partial charge in [-0.05, 0) is 25.3 Å². The van der Waals surface area contributed by atoms with Crippen LogP contribution in [0.15, 0.2) is 12.4 Å². The van der Waals surface area contributed by atoms with Gasteiger partial charge in [0.15, 0.2) is 0 Å². The van der Waals surface area contributed by atoms with Gasteiger partial charge in [-0.2, -0.15) is 0 Å². The van der Waals surface area contributed by atoms with E-state index in [0.29, 0.717) is 5.92 Å². The summed E-state index contributed by atoms with van der Waals surface area (Å²) in [5.74, 6) is 1.43. The highest BCUT2D eigenvalue weighted by Crippen LogP contribution is 2.18. The van der Waals surface area contributed by atoms with Crippen molar-refractivity contribution in [1.82, 2.24) is 14.9 Å². The number of ether oxygens (including phenoxy) is 1. The number of rotatable bonds is 5. The van der Waals surface area contributed by atoms with Gasteiger partial charge in [-0.3, -0.25) is 4.90 Å². The molecule has 0 spiro atoms. The van der Waals surface area contributed by atoms with Gasteiger partial charge in [0, 0.05) is 52.3 Å². The van der Waals surface area contributed by atoms with Gasteiger partial charge in [0.2, 0.25) is 5.95 Å². The molecule has 1 aromatic heterocycles. The van der Waals surface area contributed by atoms with Gasteiger partial charge in [-0.15, -0.1) is 0 Å². The van der Waals surface area contributed by atoms with Crippen molar-refractivity contribution in [2.45, 2.75) is 19.4 Å². The summed E-state index contributed by atoms with van der Waals surface area (Å²) in [6.07, 6.45) is 6.40. The number of anilines is 1. The zero-order valence-corrected chi connectivity index (χ0v) is 12.2. The fraction of sp³-hybridized carbons (Fsp3) is 0.714. The Balaban J connectivity index is 1.89. The van der Waals surface area contributed by atoms with E-state index in [4.69, 9.17) is 4.74 Å². The molecule has 5 nitrogen and oxygen atoms in total. The summed E-state index contributed by atoms with van der Waals surface area (Å²) in [7, 11) is 5.69. The molecule has 5 heteroatoms. The molecule has 0 N–H and O–H groups in total. The molecule has 1 saturated heterocycles. The van der Waals surface area contributed by atoms with Crippen molar-refractivity contribution in [2.75, 3.05) is 45.8 Å². The Morgan fingerprint density at radius 3 is 2.74 bits per heavy atom. The van der Waals surface area contributed by atoms with E-state index >= 15 is 0 Å². The van der Waals surface area contributed by atoms with Crippen LogP contribution in [0.25, 0.3) is 0 Å². The first kappa shape index (κ1) is 14.2. The van der Waals surface area contributed by atoms with Crippen molar-refractivity contribution in [2.24, 2.45) is 5.92 Å². The fourth-order valence-corrected chi connectivity index (χ4v) is 2.59. The molecule has 1 fully saturated rings. The molecular weight excluding hydrogens is 240 g/mol. The monoisotopic (exact) mass is 264 g/mol. The molecule has 19 heavy (non-hydrogen) atoms. The molecule has 0 bridgehead atoms. The quantitative estimate of drug-likeness (QED) is 0.804. The third-order valence-corrected chi connectivity index (χ3v) is 3.50. The minimum atomic E-state index is 0.667. The molecule has 1 atom stereocenters. The maximum absolute atomic E-state index is 5.27. The summed E-state index contributed by atoms with van der Waals surface area (Å²) < 4.78 is 5.27. The average Bonchev–Trinajstić information content (AvgIpc) is 2.40. The van der Waals surface area contributed by atoms with Crippen molar-refractivity contribution in [3.63, 3.8) is 0 Å². The molecule has 2 heterocycles. The molecule has 0 saturated carbocycles. The van der Waals surface area contributed by atoms with Crippen molar-refractivity contribution in [3.8, 4) is 0 Å². The normalized spacial score (nSPS) is 20.5. The Bertz CT molecular complexity index is 378. The lowest BCUT2D eigenvalue weighted by molar-refractivity contribution is 0.0873. The number of piperidine rings is 1. The van der Waals surface area contributed by atoms with Gasteiger partial charge in [0.1, 0.15) is 0 Å². The van der Waals surface area contributed by atoms with Crippen LogP contribution >= 0.6 is 0 Å².